The first-order valence-corrected chi connectivity index (χ1v) is 7.70. The summed E-state index contributed by atoms with van der Waals surface area (Å²) >= 11 is 0. The summed E-state index contributed by atoms with van der Waals surface area (Å²) in [5.74, 6) is 1.21. The van der Waals surface area contributed by atoms with Gasteiger partial charge in [-0.05, 0) is 68.4 Å². The number of carboxylic acid groups (broad SMARTS) is 1. The molecule has 4 aliphatic carbocycles. The number of nitrogens with two attached hydrogens (primary N) is 1. The zero-order chi connectivity index (χ0) is 14.0. The zero-order valence-electron chi connectivity index (χ0n) is 11.6. The van der Waals surface area contributed by atoms with Gasteiger partial charge >= 0.3 is 5.97 Å². The van der Waals surface area contributed by atoms with Crippen LogP contribution in [0.5, 0.6) is 0 Å². The van der Waals surface area contributed by atoms with Gasteiger partial charge in [0.05, 0.1) is 0 Å². The summed E-state index contributed by atoms with van der Waals surface area (Å²) < 4.78 is 0. The lowest BCUT2D eigenvalue weighted by molar-refractivity contribution is -0.164. The van der Waals surface area contributed by atoms with Crippen molar-refractivity contribution in [1.82, 2.24) is 4.98 Å². The Morgan fingerprint density at radius 3 is 2.20 bits per heavy atom. The number of hydrogen-bond donors (Lipinski definition) is 3. The molecule has 1 unspecified atom stereocenters. The highest BCUT2D eigenvalue weighted by atomic mass is 16.4. The molecule has 1 atom stereocenters. The number of carboxylic acids is 1. The van der Waals surface area contributed by atoms with Gasteiger partial charge in [0.15, 0.2) is 5.54 Å². The van der Waals surface area contributed by atoms with Gasteiger partial charge in [0.2, 0.25) is 0 Å². The van der Waals surface area contributed by atoms with Crippen LogP contribution >= 0.6 is 0 Å². The molecule has 4 bridgehead atoms. The van der Waals surface area contributed by atoms with Gasteiger partial charge in [0, 0.05) is 17.3 Å². The molecular formula is C16H22N2O2. The van der Waals surface area contributed by atoms with Crippen molar-refractivity contribution < 1.29 is 9.90 Å². The maximum absolute atomic E-state index is 12.1. The quantitative estimate of drug-likeness (QED) is 0.792. The number of aliphatic carboxylic acids is 1. The molecule has 108 valence electrons. The van der Waals surface area contributed by atoms with E-state index in [2.05, 4.69) is 4.98 Å². The summed E-state index contributed by atoms with van der Waals surface area (Å²) in [5.41, 5.74) is 5.74. The van der Waals surface area contributed by atoms with Crippen LogP contribution in [0.25, 0.3) is 0 Å². The van der Waals surface area contributed by atoms with Crippen LogP contribution in [-0.2, 0) is 10.3 Å². The van der Waals surface area contributed by atoms with Crippen molar-refractivity contribution in [2.24, 2.45) is 28.9 Å². The fraction of sp³-hybridized carbons (Fsp3) is 0.688. The lowest BCUT2D eigenvalue weighted by Crippen LogP contribution is -2.64. The summed E-state index contributed by atoms with van der Waals surface area (Å²) in [6.07, 6.45) is 8.61. The summed E-state index contributed by atoms with van der Waals surface area (Å²) in [6.45, 7) is 0. The summed E-state index contributed by atoms with van der Waals surface area (Å²) in [6, 6.07) is 3.69. The highest BCUT2D eigenvalue weighted by molar-refractivity contribution is 5.81. The molecule has 0 aromatic carbocycles. The third-order valence-electron chi connectivity index (χ3n) is 6.23. The van der Waals surface area contributed by atoms with Crippen molar-refractivity contribution in [3.63, 3.8) is 0 Å². The van der Waals surface area contributed by atoms with Crippen LogP contribution in [-0.4, -0.2) is 16.1 Å². The Hall–Kier alpha value is -1.29. The lowest BCUT2D eigenvalue weighted by Gasteiger charge is -2.61. The predicted octanol–water partition coefficient (Wildman–Crippen LogP) is 2.47. The fourth-order valence-corrected chi connectivity index (χ4v) is 5.80. The number of carbonyl (C=O) groups is 1. The van der Waals surface area contributed by atoms with E-state index in [9.17, 15) is 9.90 Å². The Kier molecular flexibility index (Phi) is 2.41. The smallest absolute Gasteiger partial charge is 0.330 e. The van der Waals surface area contributed by atoms with Crippen LogP contribution in [0.4, 0.5) is 0 Å². The van der Waals surface area contributed by atoms with Gasteiger partial charge in [-0.2, -0.15) is 0 Å². The predicted molar refractivity (Wildman–Crippen MR) is 74.9 cm³/mol. The molecular weight excluding hydrogens is 252 g/mol. The van der Waals surface area contributed by atoms with E-state index in [1.807, 2.05) is 12.1 Å². The molecule has 1 aromatic rings. The summed E-state index contributed by atoms with van der Waals surface area (Å²) in [4.78, 5) is 15.2. The summed E-state index contributed by atoms with van der Waals surface area (Å²) in [7, 11) is 0. The zero-order valence-corrected chi connectivity index (χ0v) is 11.6. The van der Waals surface area contributed by atoms with E-state index in [4.69, 9.17) is 5.73 Å². The van der Waals surface area contributed by atoms with Gasteiger partial charge in [-0.15, -0.1) is 0 Å². The molecule has 4 saturated carbocycles. The van der Waals surface area contributed by atoms with Crippen LogP contribution in [0.15, 0.2) is 18.3 Å². The van der Waals surface area contributed by atoms with Gasteiger partial charge in [0.25, 0.3) is 0 Å². The molecule has 0 saturated heterocycles. The van der Waals surface area contributed by atoms with Crippen molar-refractivity contribution in [1.29, 1.82) is 0 Å². The average Bonchev–Trinajstić information content (AvgIpc) is 2.89. The van der Waals surface area contributed by atoms with Crippen molar-refractivity contribution in [3.8, 4) is 0 Å². The van der Waals surface area contributed by atoms with Crippen molar-refractivity contribution in [2.45, 2.75) is 44.1 Å². The Labute approximate surface area is 118 Å². The Morgan fingerprint density at radius 1 is 1.25 bits per heavy atom. The maximum Gasteiger partial charge on any atom is 0.330 e. The molecule has 5 rings (SSSR count). The van der Waals surface area contributed by atoms with E-state index >= 15 is 0 Å². The topological polar surface area (TPSA) is 79.1 Å². The van der Waals surface area contributed by atoms with Gasteiger partial charge in [-0.3, -0.25) is 0 Å². The highest BCUT2D eigenvalue weighted by Crippen LogP contribution is 2.65. The van der Waals surface area contributed by atoms with E-state index in [0.29, 0.717) is 23.4 Å². The van der Waals surface area contributed by atoms with Crippen molar-refractivity contribution in [2.75, 3.05) is 0 Å². The minimum absolute atomic E-state index is 0.252. The molecule has 0 radical (unpaired) electrons. The second-order valence-electron chi connectivity index (χ2n) is 7.39. The maximum atomic E-state index is 12.1. The molecule has 4 aliphatic rings. The first kappa shape index (κ1) is 12.5. The molecule has 20 heavy (non-hydrogen) atoms. The monoisotopic (exact) mass is 274 g/mol. The molecule has 1 heterocycles. The third-order valence-corrected chi connectivity index (χ3v) is 6.23. The Bertz CT molecular complexity index is 501. The van der Waals surface area contributed by atoms with E-state index < -0.39 is 11.5 Å². The number of aromatic nitrogens is 1. The number of rotatable bonds is 3. The largest absolute Gasteiger partial charge is 0.480 e. The van der Waals surface area contributed by atoms with Crippen molar-refractivity contribution >= 4 is 5.97 Å². The molecule has 4 nitrogen and oxygen atoms in total. The fourth-order valence-electron chi connectivity index (χ4n) is 5.80. The molecule has 4 heteroatoms. The van der Waals surface area contributed by atoms with E-state index in [1.54, 1.807) is 6.20 Å². The van der Waals surface area contributed by atoms with Crippen LogP contribution in [0.2, 0.25) is 0 Å². The second-order valence-corrected chi connectivity index (χ2v) is 7.39. The first-order chi connectivity index (χ1) is 9.53. The van der Waals surface area contributed by atoms with Gasteiger partial charge in [0.1, 0.15) is 0 Å². The second kappa shape index (κ2) is 3.88. The minimum Gasteiger partial charge on any atom is -0.480 e. The van der Waals surface area contributed by atoms with Gasteiger partial charge in [-0.25, -0.2) is 4.79 Å². The Balaban J connectivity index is 1.83. The number of nitrogens with one attached hydrogen (secondary N) is 1. The van der Waals surface area contributed by atoms with E-state index in [0.717, 1.165) is 19.3 Å². The molecule has 4 N–H and O–H groups in total. The first-order valence-electron chi connectivity index (χ1n) is 7.70. The van der Waals surface area contributed by atoms with Gasteiger partial charge in [-0.1, -0.05) is 0 Å². The number of aromatic amines is 1. The molecule has 4 fully saturated rings. The molecule has 0 amide bonds. The lowest BCUT2D eigenvalue weighted by atomic mass is 9.44. The van der Waals surface area contributed by atoms with Crippen LogP contribution in [0.1, 0.15) is 44.2 Å². The molecule has 1 aromatic heterocycles. The summed E-state index contributed by atoms with van der Waals surface area (Å²) in [5, 5.41) is 9.92. The van der Waals surface area contributed by atoms with Crippen molar-refractivity contribution in [3.05, 3.63) is 24.0 Å². The van der Waals surface area contributed by atoms with Crippen LogP contribution < -0.4 is 5.73 Å². The Morgan fingerprint density at radius 2 is 1.80 bits per heavy atom. The standard InChI is InChI=1S/C16H22N2O2/c17-16(14(19)20,13-2-1-3-18-13)15-7-10-4-11(8-15)6-12(5-10)9-15/h1-3,10-12,18H,4-9,17H2,(H,19,20). The number of hydrogen-bond acceptors (Lipinski definition) is 2. The average molecular weight is 274 g/mol. The molecule has 0 aliphatic heterocycles. The minimum atomic E-state index is -1.26. The third kappa shape index (κ3) is 1.43. The van der Waals surface area contributed by atoms with Crippen LogP contribution in [0.3, 0.4) is 0 Å². The highest BCUT2D eigenvalue weighted by Gasteiger charge is 2.63. The molecule has 0 spiro atoms. The van der Waals surface area contributed by atoms with E-state index in [1.165, 1.54) is 19.3 Å². The van der Waals surface area contributed by atoms with Gasteiger partial charge < -0.3 is 15.8 Å². The normalized spacial score (nSPS) is 41.5. The van der Waals surface area contributed by atoms with Crippen LogP contribution in [0, 0.1) is 23.2 Å². The number of H-pyrrole nitrogens is 1. The SMILES string of the molecule is NC(C(=O)O)(c1ccc[nH]1)C12CC3CC(CC(C3)C1)C2. The van der Waals surface area contributed by atoms with E-state index in [-0.39, 0.29) is 5.41 Å².